The fraction of sp³-hybridized carbons (Fsp3) is 0.375. The highest BCUT2D eigenvalue weighted by atomic mass is 16.1. The molecule has 0 unspecified atom stereocenters. The fourth-order valence-electron chi connectivity index (χ4n) is 2.10. The molecule has 1 aromatic carbocycles. The molecule has 2 rings (SSSR count). The van der Waals surface area contributed by atoms with Gasteiger partial charge in [0.25, 0.3) is 0 Å². The molecule has 0 aliphatic carbocycles. The number of benzene rings is 1. The van der Waals surface area contributed by atoms with E-state index in [1.165, 1.54) is 5.56 Å². The largest absolute Gasteiger partial charge is 0.337 e. The van der Waals surface area contributed by atoms with Crippen LogP contribution in [-0.4, -0.2) is 15.3 Å². The molecule has 0 spiro atoms. The number of imidazole rings is 1. The second-order valence-electron chi connectivity index (χ2n) is 4.83. The first-order valence-corrected chi connectivity index (χ1v) is 6.83. The van der Waals surface area contributed by atoms with Crippen LogP contribution in [0.3, 0.4) is 0 Å². The van der Waals surface area contributed by atoms with E-state index in [2.05, 4.69) is 36.2 Å². The summed E-state index contributed by atoms with van der Waals surface area (Å²) in [6, 6.07) is 8.39. The highest BCUT2D eigenvalue weighted by Gasteiger charge is 2.04. The summed E-state index contributed by atoms with van der Waals surface area (Å²) in [5.41, 5.74) is 2.45. The van der Waals surface area contributed by atoms with Crippen LogP contribution in [-0.2, 0) is 24.2 Å². The predicted octanol–water partition coefficient (Wildman–Crippen LogP) is 3.04. The maximum absolute atomic E-state index is 11.9. The van der Waals surface area contributed by atoms with E-state index in [1.807, 2.05) is 10.8 Å². The summed E-state index contributed by atoms with van der Waals surface area (Å²) in [7, 11) is 0. The maximum atomic E-state index is 11.9. The van der Waals surface area contributed by atoms with Crippen LogP contribution in [0, 0.1) is 0 Å². The number of rotatable bonds is 7. The summed E-state index contributed by atoms with van der Waals surface area (Å²) < 4.78 is 1.93. The van der Waals surface area contributed by atoms with Gasteiger partial charge in [-0.25, -0.2) is 4.98 Å². The Hall–Kier alpha value is -1.90. The molecule has 2 aromatic rings. The third-order valence-corrected chi connectivity index (χ3v) is 3.17. The van der Waals surface area contributed by atoms with Crippen LogP contribution in [0.2, 0.25) is 0 Å². The minimum absolute atomic E-state index is 0.275. The van der Waals surface area contributed by atoms with Gasteiger partial charge in [-0.05, 0) is 17.5 Å². The zero-order chi connectivity index (χ0) is 13.5. The molecule has 0 aliphatic heterocycles. The van der Waals surface area contributed by atoms with Gasteiger partial charge in [-0.15, -0.1) is 0 Å². The summed E-state index contributed by atoms with van der Waals surface area (Å²) in [5.74, 6) is 0.275. The Morgan fingerprint density at radius 1 is 1.21 bits per heavy atom. The topological polar surface area (TPSA) is 34.9 Å². The monoisotopic (exact) mass is 256 g/mol. The van der Waals surface area contributed by atoms with Crippen LogP contribution in [0.25, 0.3) is 0 Å². The SMILES string of the molecule is CCCc1ccc(CC(=O)CCn2ccnc2)cc1. The van der Waals surface area contributed by atoms with Crippen molar-refractivity contribution >= 4 is 5.78 Å². The number of nitrogens with zero attached hydrogens (tertiary/aromatic N) is 2. The summed E-state index contributed by atoms with van der Waals surface area (Å²) in [4.78, 5) is 15.8. The van der Waals surface area contributed by atoms with E-state index in [1.54, 1.807) is 12.5 Å². The van der Waals surface area contributed by atoms with Crippen molar-refractivity contribution in [2.75, 3.05) is 0 Å². The van der Waals surface area contributed by atoms with E-state index in [0.29, 0.717) is 19.4 Å². The van der Waals surface area contributed by atoms with Gasteiger partial charge in [0.2, 0.25) is 0 Å². The Morgan fingerprint density at radius 2 is 1.95 bits per heavy atom. The van der Waals surface area contributed by atoms with E-state index in [4.69, 9.17) is 0 Å². The number of carbonyl (C=O) groups excluding carboxylic acids is 1. The molecule has 0 N–H and O–H groups in total. The lowest BCUT2D eigenvalue weighted by Gasteiger charge is -2.04. The fourth-order valence-corrected chi connectivity index (χ4v) is 2.10. The van der Waals surface area contributed by atoms with Crippen molar-refractivity contribution in [2.24, 2.45) is 0 Å². The van der Waals surface area contributed by atoms with Crippen LogP contribution < -0.4 is 0 Å². The average molecular weight is 256 g/mol. The van der Waals surface area contributed by atoms with Crippen molar-refractivity contribution in [1.29, 1.82) is 0 Å². The van der Waals surface area contributed by atoms with E-state index in [9.17, 15) is 4.79 Å². The summed E-state index contributed by atoms with van der Waals surface area (Å²) in [6.45, 7) is 2.89. The van der Waals surface area contributed by atoms with Crippen LogP contribution in [0.1, 0.15) is 30.9 Å². The third-order valence-electron chi connectivity index (χ3n) is 3.17. The van der Waals surface area contributed by atoms with Crippen LogP contribution in [0.15, 0.2) is 43.0 Å². The van der Waals surface area contributed by atoms with Gasteiger partial charge in [0, 0.05) is 31.8 Å². The molecule has 0 atom stereocenters. The first-order chi connectivity index (χ1) is 9.28. The zero-order valence-electron chi connectivity index (χ0n) is 11.4. The molecule has 0 saturated carbocycles. The molecule has 3 heteroatoms. The van der Waals surface area contributed by atoms with E-state index >= 15 is 0 Å². The molecule has 0 bridgehead atoms. The summed E-state index contributed by atoms with van der Waals surface area (Å²) in [5, 5.41) is 0. The molecule has 0 amide bonds. The quantitative estimate of drug-likeness (QED) is 0.763. The molecule has 0 saturated heterocycles. The third kappa shape index (κ3) is 4.36. The molecule has 1 aromatic heterocycles. The highest BCUT2D eigenvalue weighted by Crippen LogP contribution is 2.08. The number of aryl methyl sites for hydroxylation is 2. The number of aromatic nitrogens is 2. The lowest BCUT2D eigenvalue weighted by Crippen LogP contribution is -2.07. The number of hydrogen-bond donors (Lipinski definition) is 0. The van der Waals surface area contributed by atoms with Gasteiger partial charge in [0.1, 0.15) is 5.78 Å². The highest BCUT2D eigenvalue weighted by molar-refractivity contribution is 5.80. The molecule has 0 radical (unpaired) electrons. The summed E-state index contributed by atoms with van der Waals surface area (Å²) in [6.07, 6.45) is 8.71. The van der Waals surface area contributed by atoms with Crippen molar-refractivity contribution in [3.63, 3.8) is 0 Å². The van der Waals surface area contributed by atoms with Crippen molar-refractivity contribution in [3.05, 3.63) is 54.1 Å². The number of ketones is 1. The normalized spacial score (nSPS) is 10.6. The minimum atomic E-state index is 0.275. The summed E-state index contributed by atoms with van der Waals surface area (Å²) >= 11 is 0. The Kier molecular flexibility index (Phi) is 4.90. The average Bonchev–Trinajstić information content (AvgIpc) is 2.92. The Balaban J connectivity index is 1.81. The van der Waals surface area contributed by atoms with E-state index < -0.39 is 0 Å². The van der Waals surface area contributed by atoms with Gasteiger partial charge in [0.05, 0.1) is 6.33 Å². The van der Waals surface area contributed by atoms with Crippen molar-refractivity contribution < 1.29 is 4.79 Å². The second kappa shape index (κ2) is 6.88. The standard InChI is InChI=1S/C16H20N2O/c1-2-3-14-4-6-15(7-5-14)12-16(19)8-10-18-11-9-17-13-18/h4-7,9,11,13H,2-3,8,10,12H2,1H3. The minimum Gasteiger partial charge on any atom is -0.337 e. The van der Waals surface area contributed by atoms with Crippen LogP contribution >= 0.6 is 0 Å². The van der Waals surface area contributed by atoms with Gasteiger partial charge in [-0.2, -0.15) is 0 Å². The molecule has 100 valence electrons. The van der Waals surface area contributed by atoms with Gasteiger partial charge < -0.3 is 4.57 Å². The molecule has 19 heavy (non-hydrogen) atoms. The number of Topliss-reactive ketones (excluding diaryl/α,β-unsaturated/α-hetero) is 1. The smallest absolute Gasteiger partial charge is 0.139 e. The van der Waals surface area contributed by atoms with Crippen LogP contribution in [0.4, 0.5) is 0 Å². The van der Waals surface area contributed by atoms with Gasteiger partial charge in [-0.3, -0.25) is 4.79 Å². The molecule has 3 nitrogen and oxygen atoms in total. The first-order valence-electron chi connectivity index (χ1n) is 6.83. The molecular weight excluding hydrogens is 236 g/mol. The lowest BCUT2D eigenvalue weighted by molar-refractivity contribution is -0.118. The lowest BCUT2D eigenvalue weighted by atomic mass is 10.0. The van der Waals surface area contributed by atoms with Crippen molar-refractivity contribution in [3.8, 4) is 0 Å². The van der Waals surface area contributed by atoms with Crippen molar-refractivity contribution in [2.45, 2.75) is 39.2 Å². The van der Waals surface area contributed by atoms with Gasteiger partial charge >= 0.3 is 0 Å². The van der Waals surface area contributed by atoms with Gasteiger partial charge in [-0.1, -0.05) is 37.6 Å². The first kappa shape index (κ1) is 13.5. The Morgan fingerprint density at radius 3 is 2.58 bits per heavy atom. The van der Waals surface area contributed by atoms with Gasteiger partial charge in [0.15, 0.2) is 0 Å². The van der Waals surface area contributed by atoms with E-state index in [0.717, 1.165) is 18.4 Å². The molecular formula is C16H20N2O. The zero-order valence-corrected chi connectivity index (χ0v) is 11.4. The number of carbonyl (C=O) groups is 1. The molecule has 0 aliphatic rings. The van der Waals surface area contributed by atoms with Crippen LogP contribution in [0.5, 0.6) is 0 Å². The predicted molar refractivity (Wildman–Crippen MR) is 76.0 cm³/mol. The molecule has 1 heterocycles. The second-order valence-corrected chi connectivity index (χ2v) is 4.83. The Labute approximate surface area is 114 Å². The Bertz CT molecular complexity index is 500. The molecule has 0 fully saturated rings. The van der Waals surface area contributed by atoms with E-state index in [-0.39, 0.29) is 5.78 Å². The van der Waals surface area contributed by atoms with Crippen molar-refractivity contribution in [1.82, 2.24) is 9.55 Å². The maximum Gasteiger partial charge on any atom is 0.139 e. The number of hydrogen-bond acceptors (Lipinski definition) is 2.